The number of rotatable bonds is 6. The van der Waals surface area contributed by atoms with E-state index in [1.54, 1.807) is 24.3 Å². The maximum Gasteiger partial charge on any atom is 0.273 e. The van der Waals surface area contributed by atoms with Crippen LogP contribution < -0.4 is 11.1 Å². The van der Waals surface area contributed by atoms with Crippen LogP contribution in [0.3, 0.4) is 0 Å². The summed E-state index contributed by atoms with van der Waals surface area (Å²) in [6.07, 6.45) is 0. The number of nitro groups is 1. The van der Waals surface area contributed by atoms with Crippen LogP contribution in [0.5, 0.6) is 5.75 Å². The van der Waals surface area contributed by atoms with E-state index in [2.05, 4.69) is 5.32 Å². The molecule has 0 atom stereocenters. The molecule has 0 aliphatic heterocycles. The number of nitrogens with zero attached hydrogens (tertiary/aromatic N) is 1. The van der Waals surface area contributed by atoms with Crippen molar-refractivity contribution in [1.29, 1.82) is 0 Å². The second-order valence-electron chi connectivity index (χ2n) is 4.71. The van der Waals surface area contributed by atoms with Gasteiger partial charge in [0.1, 0.15) is 5.75 Å². The highest BCUT2D eigenvalue weighted by Gasteiger charge is 2.12. The van der Waals surface area contributed by atoms with Crippen LogP contribution in [0.4, 0.5) is 5.69 Å². The summed E-state index contributed by atoms with van der Waals surface area (Å²) in [4.78, 5) is 21.5. The standard InChI is InChI=1S/C15H15N3O4/c16-15(20)12-6-5-10(7-14(12)19)8-17-9-11-3-1-2-4-13(11)18(21)22/h1-7,17,19H,8-9H2,(H2,16,20). The number of carbonyl (C=O) groups is 1. The number of hydrogen-bond donors (Lipinski definition) is 3. The normalized spacial score (nSPS) is 10.4. The fraction of sp³-hybridized carbons (Fsp3) is 0.133. The molecule has 22 heavy (non-hydrogen) atoms. The number of phenols is 1. The highest BCUT2D eigenvalue weighted by Crippen LogP contribution is 2.19. The quantitative estimate of drug-likeness (QED) is 0.554. The van der Waals surface area contributed by atoms with Gasteiger partial charge in [-0.1, -0.05) is 24.3 Å². The average Bonchev–Trinajstić information content (AvgIpc) is 2.47. The van der Waals surface area contributed by atoms with E-state index in [0.29, 0.717) is 18.7 Å². The molecule has 7 heteroatoms. The summed E-state index contributed by atoms with van der Waals surface area (Å²) in [6.45, 7) is 0.703. The Morgan fingerprint density at radius 1 is 1.23 bits per heavy atom. The monoisotopic (exact) mass is 301 g/mol. The molecule has 0 fully saturated rings. The van der Waals surface area contributed by atoms with Gasteiger partial charge in [-0.3, -0.25) is 14.9 Å². The lowest BCUT2D eigenvalue weighted by Gasteiger charge is -2.07. The summed E-state index contributed by atoms with van der Waals surface area (Å²) in [5.41, 5.74) is 6.53. The van der Waals surface area contributed by atoms with Crippen LogP contribution in [0.25, 0.3) is 0 Å². The molecule has 0 spiro atoms. The maximum absolute atomic E-state index is 11.0. The zero-order valence-corrected chi connectivity index (χ0v) is 11.7. The van der Waals surface area contributed by atoms with E-state index in [1.807, 2.05) is 0 Å². The molecule has 2 rings (SSSR count). The van der Waals surface area contributed by atoms with E-state index in [0.717, 1.165) is 5.56 Å². The first-order valence-corrected chi connectivity index (χ1v) is 6.53. The lowest BCUT2D eigenvalue weighted by Crippen LogP contribution is -2.15. The van der Waals surface area contributed by atoms with Gasteiger partial charge in [0.2, 0.25) is 0 Å². The number of benzene rings is 2. The van der Waals surface area contributed by atoms with Crippen molar-refractivity contribution in [3.05, 3.63) is 69.3 Å². The maximum atomic E-state index is 11.0. The molecule has 1 amide bonds. The smallest absolute Gasteiger partial charge is 0.273 e. The Hall–Kier alpha value is -2.93. The Morgan fingerprint density at radius 3 is 2.59 bits per heavy atom. The number of hydrogen-bond acceptors (Lipinski definition) is 5. The molecular weight excluding hydrogens is 286 g/mol. The number of primary amides is 1. The molecule has 0 bridgehead atoms. The molecule has 4 N–H and O–H groups in total. The summed E-state index contributed by atoms with van der Waals surface area (Å²) in [7, 11) is 0. The van der Waals surface area contributed by atoms with E-state index in [9.17, 15) is 20.0 Å². The first-order chi connectivity index (χ1) is 10.5. The van der Waals surface area contributed by atoms with Crippen LogP contribution >= 0.6 is 0 Å². The fourth-order valence-electron chi connectivity index (χ4n) is 2.08. The Bertz CT molecular complexity index is 716. The van der Waals surface area contributed by atoms with E-state index in [-0.39, 0.29) is 17.0 Å². The molecule has 7 nitrogen and oxygen atoms in total. The molecule has 0 radical (unpaired) electrons. The van der Waals surface area contributed by atoms with Gasteiger partial charge >= 0.3 is 0 Å². The number of nitrogens with one attached hydrogen (secondary N) is 1. The van der Waals surface area contributed by atoms with Gasteiger partial charge in [0.15, 0.2) is 0 Å². The number of aromatic hydroxyl groups is 1. The van der Waals surface area contributed by atoms with Crippen molar-refractivity contribution in [2.45, 2.75) is 13.1 Å². The van der Waals surface area contributed by atoms with E-state index in [4.69, 9.17) is 5.73 Å². The molecule has 114 valence electrons. The predicted octanol–water partition coefficient (Wildman–Crippen LogP) is 1.69. The van der Waals surface area contributed by atoms with Crippen LogP contribution in [0.15, 0.2) is 42.5 Å². The van der Waals surface area contributed by atoms with Gasteiger partial charge in [-0.15, -0.1) is 0 Å². The summed E-state index contributed by atoms with van der Waals surface area (Å²) < 4.78 is 0. The van der Waals surface area contributed by atoms with E-state index >= 15 is 0 Å². The lowest BCUT2D eigenvalue weighted by molar-refractivity contribution is -0.385. The predicted molar refractivity (Wildman–Crippen MR) is 80.3 cm³/mol. The Morgan fingerprint density at radius 2 is 1.95 bits per heavy atom. The van der Waals surface area contributed by atoms with Crippen LogP contribution in [-0.2, 0) is 13.1 Å². The molecule has 0 unspecified atom stereocenters. The first kappa shape index (κ1) is 15.5. The average molecular weight is 301 g/mol. The molecule has 0 saturated heterocycles. The molecule has 0 saturated carbocycles. The van der Waals surface area contributed by atoms with Crippen molar-refractivity contribution in [3.8, 4) is 5.75 Å². The van der Waals surface area contributed by atoms with Gasteiger partial charge in [-0.05, 0) is 17.7 Å². The largest absolute Gasteiger partial charge is 0.507 e. The van der Waals surface area contributed by atoms with Gasteiger partial charge in [0.05, 0.1) is 10.5 Å². The van der Waals surface area contributed by atoms with Gasteiger partial charge in [-0.2, -0.15) is 0 Å². The van der Waals surface area contributed by atoms with Gasteiger partial charge in [0.25, 0.3) is 11.6 Å². The van der Waals surface area contributed by atoms with E-state index < -0.39 is 10.8 Å². The topological polar surface area (TPSA) is 118 Å². The third-order valence-corrected chi connectivity index (χ3v) is 3.16. The summed E-state index contributed by atoms with van der Waals surface area (Å²) in [5.74, 6) is -0.880. The van der Waals surface area contributed by atoms with Crippen molar-refractivity contribution in [1.82, 2.24) is 5.32 Å². The fourth-order valence-corrected chi connectivity index (χ4v) is 2.08. The summed E-state index contributed by atoms with van der Waals surface area (Å²) in [5, 5.41) is 23.6. The summed E-state index contributed by atoms with van der Waals surface area (Å²) in [6, 6.07) is 11.0. The molecule has 2 aromatic rings. The molecule has 0 aliphatic carbocycles. The highest BCUT2D eigenvalue weighted by molar-refractivity contribution is 5.95. The second kappa shape index (κ2) is 6.68. The Balaban J connectivity index is 2.01. The van der Waals surface area contributed by atoms with E-state index in [1.165, 1.54) is 18.2 Å². The Kier molecular flexibility index (Phi) is 4.70. The highest BCUT2D eigenvalue weighted by atomic mass is 16.6. The number of carbonyl (C=O) groups excluding carboxylic acids is 1. The lowest BCUT2D eigenvalue weighted by atomic mass is 10.1. The number of nitrogens with two attached hydrogens (primary N) is 1. The Labute approximate surface area is 126 Å². The molecule has 0 aromatic heterocycles. The van der Waals surface area contributed by atoms with Crippen LogP contribution in [-0.4, -0.2) is 15.9 Å². The molecule has 2 aromatic carbocycles. The van der Waals surface area contributed by atoms with Gasteiger partial charge in [-0.25, -0.2) is 0 Å². The number of para-hydroxylation sites is 1. The zero-order valence-electron chi connectivity index (χ0n) is 11.7. The minimum absolute atomic E-state index is 0.0573. The van der Waals surface area contributed by atoms with Crippen molar-refractivity contribution in [2.24, 2.45) is 5.73 Å². The molecule has 0 aliphatic rings. The first-order valence-electron chi connectivity index (χ1n) is 6.53. The van der Waals surface area contributed by atoms with Crippen LogP contribution in [0.1, 0.15) is 21.5 Å². The number of nitro benzene ring substituents is 1. The third kappa shape index (κ3) is 3.58. The van der Waals surface area contributed by atoms with Crippen molar-refractivity contribution in [2.75, 3.05) is 0 Å². The van der Waals surface area contributed by atoms with Crippen LogP contribution in [0, 0.1) is 10.1 Å². The van der Waals surface area contributed by atoms with Crippen molar-refractivity contribution in [3.63, 3.8) is 0 Å². The third-order valence-electron chi connectivity index (χ3n) is 3.16. The summed E-state index contributed by atoms with van der Waals surface area (Å²) >= 11 is 0. The second-order valence-corrected chi connectivity index (χ2v) is 4.71. The minimum atomic E-state index is -0.697. The van der Waals surface area contributed by atoms with Gasteiger partial charge in [0, 0.05) is 24.7 Å². The molecular formula is C15H15N3O4. The number of amides is 1. The SMILES string of the molecule is NC(=O)c1ccc(CNCc2ccccc2[N+](=O)[O-])cc1O. The zero-order chi connectivity index (χ0) is 16.1. The van der Waals surface area contributed by atoms with Gasteiger partial charge < -0.3 is 16.2 Å². The van der Waals surface area contributed by atoms with Crippen LogP contribution in [0.2, 0.25) is 0 Å². The minimum Gasteiger partial charge on any atom is -0.507 e. The van der Waals surface area contributed by atoms with Crippen molar-refractivity contribution < 1.29 is 14.8 Å². The van der Waals surface area contributed by atoms with Crippen molar-refractivity contribution >= 4 is 11.6 Å². The molecule has 0 heterocycles.